The number of sulfonamides is 1. The van der Waals surface area contributed by atoms with Crippen LogP contribution in [0.25, 0.3) is 0 Å². The van der Waals surface area contributed by atoms with Crippen LogP contribution in [0.4, 0.5) is 0 Å². The molecule has 0 aromatic heterocycles. The molecule has 0 aromatic rings. The molecule has 1 atom stereocenters. The second-order valence-electron chi connectivity index (χ2n) is 2.86. The van der Waals surface area contributed by atoms with Crippen molar-refractivity contribution in [1.29, 1.82) is 0 Å². The molecule has 1 heterocycles. The lowest BCUT2D eigenvalue weighted by molar-refractivity contribution is 0.194. The van der Waals surface area contributed by atoms with Crippen molar-refractivity contribution in [3.05, 3.63) is 0 Å². The molecule has 1 rings (SSSR count). The van der Waals surface area contributed by atoms with Crippen LogP contribution in [0.1, 0.15) is 26.7 Å². The first-order valence-corrected chi connectivity index (χ1v) is 5.72. The molecule has 0 aliphatic carbocycles. The molecule has 0 amide bonds. The van der Waals surface area contributed by atoms with E-state index in [0.29, 0.717) is 6.04 Å². The topological polar surface area (TPSA) is 37.4 Å². The van der Waals surface area contributed by atoms with Gasteiger partial charge in [0.25, 0.3) is 0 Å². The third-order valence-electron chi connectivity index (χ3n) is 2.28. The summed E-state index contributed by atoms with van der Waals surface area (Å²) in [5, 5.41) is 0. The molecular weight excluding hydrogens is 162 g/mol. The van der Waals surface area contributed by atoms with Crippen molar-refractivity contribution in [2.75, 3.05) is 12.3 Å². The molecule has 1 aliphatic rings. The Morgan fingerprint density at radius 2 is 2.09 bits per heavy atom. The monoisotopic (exact) mass is 177 g/mol. The van der Waals surface area contributed by atoms with Gasteiger partial charge in [0.15, 0.2) is 0 Å². The molecule has 0 radical (unpaired) electrons. The van der Waals surface area contributed by atoms with Crippen LogP contribution in [0.5, 0.6) is 0 Å². The van der Waals surface area contributed by atoms with Crippen molar-refractivity contribution in [2.45, 2.75) is 32.7 Å². The third kappa shape index (κ3) is 1.56. The molecule has 11 heavy (non-hydrogen) atoms. The zero-order valence-electron chi connectivity index (χ0n) is 7.08. The van der Waals surface area contributed by atoms with Gasteiger partial charge in [-0.1, -0.05) is 6.92 Å². The zero-order valence-corrected chi connectivity index (χ0v) is 7.89. The highest BCUT2D eigenvalue weighted by Gasteiger charge is 2.34. The van der Waals surface area contributed by atoms with Crippen molar-refractivity contribution in [3.8, 4) is 0 Å². The van der Waals surface area contributed by atoms with Crippen LogP contribution in [-0.4, -0.2) is 31.1 Å². The molecule has 0 aromatic carbocycles. The van der Waals surface area contributed by atoms with Gasteiger partial charge in [0.1, 0.15) is 0 Å². The normalized spacial score (nSPS) is 26.5. The smallest absolute Gasteiger partial charge is 0.212 e. The lowest BCUT2D eigenvalue weighted by Crippen LogP contribution is -2.51. The Labute approximate surface area is 68.4 Å². The average Bonchev–Trinajstić information content (AvgIpc) is 1.86. The van der Waals surface area contributed by atoms with Crippen molar-refractivity contribution in [1.82, 2.24) is 4.31 Å². The molecule has 0 N–H and O–H groups in total. The van der Waals surface area contributed by atoms with Gasteiger partial charge in [-0.05, 0) is 19.8 Å². The standard InChI is InChI=1S/C7H15NO2S/c1-3-7-5-6-8(7)11(9,10)4-2/h7H,3-6H2,1-2H3/t7-/m1/s1. The van der Waals surface area contributed by atoms with E-state index in [9.17, 15) is 8.42 Å². The highest BCUT2D eigenvalue weighted by Crippen LogP contribution is 2.23. The highest BCUT2D eigenvalue weighted by molar-refractivity contribution is 7.89. The minimum Gasteiger partial charge on any atom is -0.212 e. The van der Waals surface area contributed by atoms with Gasteiger partial charge in [-0.15, -0.1) is 0 Å². The van der Waals surface area contributed by atoms with Crippen LogP contribution in [-0.2, 0) is 10.0 Å². The molecule has 0 bridgehead atoms. The van der Waals surface area contributed by atoms with Crippen LogP contribution < -0.4 is 0 Å². The van der Waals surface area contributed by atoms with E-state index < -0.39 is 10.0 Å². The molecule has 0 saturated carbocycles. The van der Waals surface area contributed by atoms with Gasteiger partial charge < -0.3 is 0 Å². The van der Waals surface area contributed by atoms with Crippen molar-refractivity contribution in [2.24, 2.45) is 0 Å². The first kappa shape index (κ1) is 9.00. The predicted molar refractivity (Wildman–Crippen MR) is 44.9 cm³/mol. The fourth-order valence-electron chi connectivity index (χ4n) is 1.36. The van der Waals surface area contributed by atoms with Crippen LogP contribution in [0.3, 0.4) is 0 Å². The van der Waals surface area contributed by atoms with Gasteiger partial charge in [0.2, 0.25) is 10.0 Å². The molecule has 66 valence electrons. The van der Waals surface area contributed by atoms with Gasteiger partial charge in [-0.2, -0.15) is 4.31 Å². The fourth-order valence-corrected chi connectivity index (χ4v) is 2.78. The van der Waals surface area contributed by atoms with E-state index in [-0.39, 0.29) is 5.75 Å². The van der Waals surface area contributed by atoms with E-state index in [1.807, 2.05) is 6.92 Å². The van der Waals surface area contributed by atoms with E-state index in [0.717, 1.165) is 19.4 Å². The quantitative estimate of drug-likeness (QED) is 0.640. The zero-order chi connectivity index (χ0) is 8.48. The van der Waals surface area contributed by atoms with Gasteiger partial charge in [-0.25, -0.2) is 8.42 Å². The molecule has 0 spiro atoms. The SMILES string of the molecule is CC[C@@H]1CCN1S(=O)(=O)CC. The number of rotatable bonds is 3. The van der Waals surface area contributed by atoms with E-state index in [2.05, 4.69) is 0 Å². The summed E-state index contributed by atoms with van der Waals surface area (Å²) in [6, 6.07) is 0.292. The van der Waals surface area contributed by atoms with Crippen molar-refractivity contribution >= 4 is 10.0 Å². The number of hydrogen-bond acceptors (Lipinski definition) is 2. The molecule has 1 fully saturated rings. The Kier molecular flexibility index (Phi) is 2.54. The lowest BCUT2D eigenvalue weighted by Gasteiger charge is -2.38. The van der Waals surface area contributed by atoms with Crippen molar-refractivity contribution < 1.29 is 8.42 Å². The van der Waals surface area contributed by atoms with E-state index >= 15 is 0 Å². The van der Waals surface area contributed by atoms with Crippen molar-refractivity contribution in [3.63, 3.8) is 0 Å². The van der Waals surface area contributed by atoms with Gasteiger partial charge >= 0.3 is 0 Å². The maximum absolute atomic E-state index is 11.3. The Morgan fingerprint density at radius 1 is 1.45 bits per heavy atom. The Bertz CT molecular complexity index is 221. The summed E-state index contributed by atoms with van der Waals surface area (Å²) in [5.74, 6) is 0.240. The van der Waals surface area contributed by atoms with Crippen LogP contribution in [0, 0.1) is 0 Å². The van der Waals surface area contributed by atoms with Crippen LogP contribution in [0.2, 0.25) is 0 Å². The summed E-state index contributed by atoms with van der Waals surface area (Å²) in [7, 11) is -2.89. The number of hydrogen-bond donors (Lipinski definition) is 0. The van der Waals surface area contributed by atoms with Crippen LogP contribution in [0.15, 0.2) is 0 Å². The Balaban J connectivity index is 2.62. The minimum atomic E-state index is -2.89. The summed E-state index contributed by atoms with van der Waals surface area (Å²) in [6.45, 7) is 4.46. The summed E-state index contributed by atoms with van der Waals surface area (Å²) >= 11 is 0. The third-order valence-corrected chi connectivity index (χ3v) is 4.21. The first-order valence-electron chi connectivity index (χ1n) is 4.11. The van der Waals surface area contributed by atoms with E-state index in [1.165, 1.54) is 0 Å². The minimum absolute atomic E-state index is 0.240. The molecule has 1 saturated heterocycles. The second-order valence-corrected chi connectivity index (χ2v) is 5.07. The average molecular weight is 177 g/mol. The fraction of sp³-hybridized carbons (Fsp3) is 1.00. The second kappa shape index (κ2) is 3.11. The summed E-state index contributed by atoms with van der Waals surface area (Å²) < 4.78 is 24.2. The van der Waals surface area contributed by atoms with E-state index in [1.54, 1.807) is 11.2 Å². The van der Waals surface area contributed by atoms with Gasteiger partial charge in [0, 0.05) is 12.6 Å². The maximum atomic E-state index is 11.3. The van der Waals surface area contributed by atoms with Gasteiger partial charge in [0.05, 0.1) is 5.75 Å². The van der Waals surface area contributed by atoms with Crippen LogP contribution >= 0.6 is 0 Å². The summed E-state index contributed by atoms with van der Waals surface area (Å²) in [4.78, 5) is 0. The summed E-state index contributed by atoms with van der Waals surface area (Å²) in [5.41, 5.74) is 0. The van der Waals surface area contributed by atoms with E-state index in [4.69, 9.17) is 0 Å². The molecular formula is C7H15NO2S. The molecule has 4 heteroatoms. The summed E-state index contributed by atoms with van der Waals surface area (Å²) in [6.07, 6.45) is 1.98. The van der Waals surface area contributed by atoms with Gasteiger partial charge in [-0.3, -0.25) is 0 Å². The highest BCUT2D eigenvalue weighted by atomic mass is 32.2. The molecule has 1 aliphatic heterocycles. The molecule has 0 unspecified atom stereocenters. The predicted octanol–water partition coefficient (Wildman–Crippen LogP) is 0.820. The largest absolute Gasteiger partial charge is 0.214 e. The maximum Gasteiger partial charge on any atom is 0.214 e. The lowest BCUT2D eigenvalue weighted by atomic mass is 10.1. The first-order chi connectivity index (χ1) is 5.11. The Morgan fingerprint density at radius 3 is 2.36 bits per heavy atom. The number of nitrogens with zero attached hydrogens (tertiary/aromatic N) is 1. The Hall–Kier alpha value is -0.0900. The molecule has 3 nitrogen and oxygen atoms in total.